The first kappa shape index (κ1) is 16.4. The highest BCUT2D eigenvalue weighted by molar-refractivity contribution is 5.97. The second-order valence-corrected chi connectivity index (χ2v) is 7.69. The Kier molecular flexibility index (Phi) is 4.40. The molecule has 134 valence electrons. The zero-order chi connectivity index (χ0) is 17.4. The van der Waals surface area contributed by atoms with Gasteiger partial charge >= 0.3 is 0 Å². The maximum atomic E-state index is 12.9. The van der Waals surface area contributed by atoms with E-state index in [1.165, 1.54) is 12.8 Å². The zero-order valence-electron chi connectivity index (χ0n) is 14.8. The lowest BCUT2D eigenvalue weighted by atomic mass is 10.1. The summed E-state index contributed by atoms with van der Waals surface area (Å²) in [5.74, 6) is 2.37. The Labute approximate surface area is 148 Å². The Morgan fingerprint density at radius 3 is 2.36 bits per heavy atom. The number of ether oxygens (including phenoxy) is 1. The smallest absolute Gasteiger partial charge is 0.257 e. The molecule has 1 aliphatic heterocycles. The molecule has 2 aliphatic carbocycles. The molecule has 5 heteroatoms. The van der Waals surface area contributed by atoms with Crippen LogP contribution in [0.3, 0.4) is 0 Å². The van der Waals surface area contributed by atoms with Gasteiger partial charge in [-0.15, -0.1) is 0 Å². The Bertz CT molecular complexity index is 663. The van der Waals surface area contributed by atoms with Crippen LogP contribution in [0.5, 0.6) is 5.75 Å². The molecule has 1 aromatic carbocycles. The van der Waals surface area contributed by atoms with Gasteiger partial charge in [-0.1, -0.05) is 19.1 Å². The third-order valence-electron chi connectivity index (χ3n) is 5.59. The number of hydrogen-bond donors (Lipinski definition) is 0. The number of para-hydroxylation sites is 1. The fourth-order valence-electron chi connectivity index (χ4n) is 3.46. The number of benzene rings is 1. The molecule has 0 unspecified atom stereocenters. The van der Waals surface area contributed by atoms with Crippen LogP contribution in [0.4, 0.5) is 0 Å². The van der Waals surface area contributed by atoms with Crippen LogP contribution in [-0.2, 0) is 4.79 Å². The van der Waals surface area contributed by atoms with E-state index < -0.39 is 0 Å². The maximum Gasteiger partial charge on any atom is 0.257 e. The molecule has 3 fully saturated rings. The Morgan fingerprint density at radius 2 is 1.72 bits per heavy atom. The molecular weight excluding hydrogens is 316 g/mol. The molecule has 3 aliphatic rings. The number of piperazine rings is 1. The molecule has 4 rings (SSSR count). The van der Waals surface area contributed by atoms with E-state index in [0.717, 1.165) is 6.42 Å². The fraction of sp³-hybridized carbons (Fsp3) is 0.600. The lowest BCUT2D eigenvalue weighted by Gasteiger charge is -2.35. The van der Waals surface area contributed by atoms with Gasteiger partial charge in [-0.05, 0) is 43.2 Å². The normalized spacial score (nSPS) is 25.6. The van der Waals surface area contributed by atoms with Crippen molar-refractivity contribution in [3.63, 3.8) is 0 Å². The van der Waals surface area contributed by atoms with Gasteiger partial charge in [0, 0.05) is 32.1 Å². The summed E-state index contributed by atoms with van der Waals surface area (Å²) < 4.78 is 5.87. The molecule has 1 saturated heterocycles. The van der Waals surface area contributed by atoms with Crippen LogP contribution in [0, 0.1) is 17.8 Å². The molecule has 2 amide bonds. The van der Waals surface area contributed by atoms with Crippen molar-refractivity contribution < 1.29 is 14.3 Å². The van der Waals surface area contributed by atoms with Gasteiger partial charge in [-0.2, -0.15) is 0 Å². The summed E-state index contributed by atoms with van der Waals surface area (Å²) in [5.41, 5.74) is 0.638. The minimum absolute atomic E-state index is 0.0123. The van der Waals surface area contributed by atoms with E-state index in [0.29, 0.717) is 55.9 Å². The van der Waals surface area contributed by atoms with Crippen molar-refractivity contribution in [3.8, 4) is 5.75 Å². The topological polar surface area (TPSA) is 49.9 Å². The summed E-state index contributed by atoms with van der Waals surface area (Å²) in [6, 6.07) is 7.51. The number of rotatable bonds is 5. The predicted molar refractivity (Wildman–Crippen MR) is 94.4 cm³/mol. The van der Waals surface area contributed by atoms with E-state index in [1.54, 1.807) is 0 Å². The number of nitrogens with zero attached hydrogens (tertiary/aromatic N) is 2. The van der Waals surface area contributed by atoms with Crippen LogP contribution in [0.1, 0.15) is 36.5 Å². The Balaban J connectivity index is 1.36. The van der Waals surface area contributed by atoms with Crippen molar-refractivity contribution in [2.45, 2.75) is 26.2 Å². The van der Waals surface area contributed by atoms with E-state index in [4.69, 9.17) is 4.74 Å². The molecule has 2 atom stereocenters. The highest BCUT2D eigenvalue weighted by Gasteiger charge is 2.42. The summed E-state index contributed by atoms with van der Waals surface area (Å²) >= 11 is 0. The van der Waals surface area contributed by atoms with Crippen LogP contribution in [0.25, 0.3) is 0 Å². The van der Waals surface area contributed by atoms with E-state index in [1.807, 2.05) is 34.1 Å². The van der Waals surface area contributed by atoms with E-state index in [2.05, 4.69) is 6.92 Å². The minimum atomic E-state index is 0.0123. The molecule has 0 spiro atoms. The van der Waals surface area contributed by atoms with Gasteiger partial charge in [0.15, 0.2) is 0 Å². The number of hydrogen-bond acceptors (Lipinski definition) is 3. The largest absolute Gasteiger partial charge is 0.492 e. The van der Waals surface area contributed by atoms with Gasteiger partial charge in [0.1, 0.15) is 5.75 Å². The molecule has 5 nitrogen and oxygen atoms in total. The van der Waals surface area contributed by atoms with Crippen molar-refractivity contribution >= 4 is 11.8 Å². The number of carbonyl (C=O) groups excluding carboxylic acids is 2. The first-order valence-electron chi connectivity index (χ1n) is 9.43. The number of amides is 2. The van der Waals surface area contributed by atoms with Gasteiger partial charge in [0.2, 0.25) is 5.91 Å². The highest BCUT2D eigenvalue weighted by Crippen LogP contribution is 2.39. The fourth-order valence-corrected chi connectivity index (χ4v) is 3.46. The molecule has 0 radical (unpaired) electrons. The molecular formula is C20H26N2O3. The average Bonchev–Trinajstić information content (AvgIpc) is 3.56. The lowest BCUT2D eigenvalue weighted by Crippen LogP contribution is -2.51. The SMILES string of the molecule is C[C@@H]1C[C@@H]1C(=O)N1CCN(C(=O)c2ccccc2OCC2CC2)CC1. The van der Waals surface area contributed by atoms with Crippen LogP contribution in [-0.4, -0.2) is 54.4 Å². The number of carbonyl (C=O) groups is 2. The second kappa shape index (κ2) is 6.70. The van der Waals surface area contributed by atoms with Crippen molar-refractivity contribution in [1.82, 2.24) is 9.80 Å². The van der Waals surface area contributed by atoms with E-state index >= 15 is 0 Å². The van der Waals surface area contributed by atoms with Gasteiger partial charge < -0.3 is 14.5 Å². The molecule has 2 saturated carbocycles. The van der Waals surface area contributed by atoms with Crippen LogP contribution in [0.15, 0.2) is 24.3 Å². The summed E-state index contributed by atoms with van der Waals surface area (Å²) in [4.78, 5) is 29.0. The average molecular weight is 342 g/mol. The molecule has 0 N–H and O–H groups in total. The maximum absolute atomic E-state index is 12.9. The van der Waals surface area contributed by atoms with Gasteiger partial charge in [0.25, 0.3) is 5.91 Å². The third kappa shape index (κ3) is 3.65. The van der Waals surface area contributed by atoms with Crippen LogP contribution >= 0.6 is 0 Å². The summed E-state index contributed by atoms with van der Waals surface area (Å²) in [7, 11) is 0. The van der Waals surface area contributed by atoms with E-state index in [-0.39, 0.29) is 17.7 Å². The minimum Gasteiger partial charge on any atom is -0.492 e. The monoisotopic (exact) mass is 342 g/mol. The van der Waals surface area contributed by atoms with Crippen molar-refractivity contribution in [1.29, 1.82) is 0 Å². The van der Waals surface area contributed by atoms with Gasteiger partial charge in [-0.3, -0.25) is 9.59 Å². The standard InChI is InChI=1S/C20H26N2O3/c1-14-12-17(14)20(24)22-10-8-21(9-11-22)19(23)16-4-2-3-5-18(16)25-13-15-6-7-15/h2-5,14-15,17H,6-13H2,1H3/t14-,17+/m1/s1. The Hall–Kier alpha value is -2.04. The quantitative estimate of drug-likeness (QED) is 0.826. The molecule has 25 heavy (non-hydrogen) atoms. The van der Waals surface area contributed by atoms with Gasteiger partial charge in [-0.25, -0.2) is 0 Å². The van der Waals surface area contributed by atoms with Crippen LogP contribution < -0.4 is 4.74 Å². The second-order valence-electron chi connectivity index (χ2n) is 7.69. The molecule has 0 bridgehead atoms. The van der Waals surface area contributed by atoms with Crippen molar-refractivity contribution in [2.75, 3.05) is 32.8 Å². The third-order valence-corrected chi connectivity index (χ3v) is 5.59. The zero-order valence-corrected chi connectivity index (χ0v) is 14.8. The summed E-state index contributed by atoms with van der Waals surface area (Å²) in [5, 5.41) is 0. The first-order valence-corrected chi connectivity index (χ1v) is 9.43. The Morgan fingerprint density at radius 1 is 1.08 bits per heavy atom. The van der Waals surface area contributed by atoms with E-state index in [9.17, 15) is 9.59 Å². The van der Waals surface area contributed by atoms with Crippen molar-refractivity contribution in [2.24, 2.45) is 17.8 Å². The molecule has 1 aromatic rings. The predicted octanol–water partition coefficient (Wildman–Crippen LogP) is 2.42. The molecule has 0 aromatic heterocycles. The van der Waals surface area contributed by atoms with Crippen molar-refractivity contribution in [3.05, 3.63) is 29.8 Å². The van der Waals surface area contributed by atoms with Crippen LogP contribution in [0.2, 0.25) is 0 Å². The lowest BCUT2D eigenvalue weighted by molar-refractivity contribution is -0.134. The summed E-state index contributed by atoms with van der Waals surface area (Å²) in [6.07, 6.45) is 3.47. The summed E-state index contributed by atoms with van der Waals surface area (Å²) in [6.45, 7) is 5.30. The first-order chi connectivity index (χ1) is 12.1. The molecule has 1 heterocycles. The van der Waals surface area contributed by atoms with Gasteiger partial charge in [0.05, 0.1) is 12.2 Å². The highest BCUT2D eigenvalue weighted by atomic mass is 16.5.